The Kier molecular flexibility index (Phi) is 1.76. The zero-order valence-corrected chi connectivity index (χ0v) is 7.35. The highest BCUT2D eigenvalue weighted by Gasteiger charge is 2.36. The summed E-state index contributed by atoms with van der Waals surface area (Å²) in [7, 11) is -1.25. The van der Waals surface area contributed by atoms with Crippen molar-refractivity contribution in [2.75, 3.05) is 12.8 Å². The van der Waals surface area contributed by atoms with Gasteiger partial charge in [-0.25, -0.2) is 12.7 Å². The van der Waals surface area contributed by atoms with Crippen LogP contribution in [-0.4, -0.2) is 31.6 Å². The van der Waals surface area contributed by atoms with Crippen LogP contribution in [0.4, 0.5) is 0 Å². The van der Waals surface area contributed by atoms with Crippen LogP contribution in [0.25, 0.3) is 0 Å². The third-order valence-electron chi connectivity index (χ3n) is 2.31. The number of hydrogen-bond donors (Lipinski definition) is 0. The molecule has 10 heavy (non-hydrogen) atoms. The normalized spacial score (nSPS) is 40.3. The van der Waals surface area contributed by atoms with Crippen LogP contribution in [0.1, 0.15) is 13.8 Å². The highest BCUT2D eigenvalue weighted by atomic mass is 32.2. The molecular weight excluding hydrogens is 150 g/mol. The zero-order valence-electron chi connectivity index (χ0n) is 6.53. The summed E-state index contributed by atoms with van der Waals surface area (Å²) < 4.78 is 23.7. The highest BCUT2D eigenvalue weighted by Crippen LogP contribution is 2.23. The van der Waals surface area contributed by atoms with Crippen molar-refractivity contribution >= 4 is 10.0 Å². The maximum atomic E-state index is 11.1. The van der Waals surface area contributed by atoms with Gasteiger partial charge < -0.3 is 0 Å². The van der Waals surface area contributed by atoms with Crippen LogP contribution in [0, 0.1) is 5.92 Å². The molecule has 60 valence electrons. The molecule has 1 heterocycles. The molecule has 1 aliphatic rings. The van der Waals surface area contributed by atoms with Gasteiger partial charge in [-0.15, -0.1) is 0 Å². The first-order valence-electron chi connectivity index (χ1n) is 3.41. The van der Waals surface area contributed by atoms with Crippen LogP contribution in [-0.2, 0) is 10.0 Å². The van der Waals surface area contributed by atoms with Crippen LogP contribution in [0.5, 0.6) is 0 Å². The summed E-state index contributed by atoms with van der Waals surface area (Å²) in [6, 6.07) is 0.171. The lowest BCUT2D eigenvalue weighted by molar-refractivity contribution is 0.363. The number of hydrogen-bond acceptors (Lipinski definition) is 2. The first kappa shape index (κ1) is 8.01. The first-order chi connectivity index (χ1) is 4.45. The van der Waals surface area contributed by atoms with Gasteiger partial charge in [0.15, 0.2) is 0 Å². The molecule has 0 unspecified atom stereocenters. The maximum absolute atomic E-state index is 11.1. The first-order valence-corrected chi connectivity index (χ1v) is 5.02. The minimum Gasteiger partial charge on any atom is -0.212 e. The minimum atomic E-state index is -2.89. The Morgan fingerprint density at radius 2 is 1.90 bits per heavy atom. The van der Waals surface area contributed by atoms with E-state index >= 15 is 0 Å². The third kappa shape index (κ3) is 1.06. The van der Waals surface area contributed by atoms with E-state index in [1.54, 1.807) is 7.05 Å². The Morgan fingerprint density at radius 3 is 2.00 bits per heavy atom. The van der Waals surface area contributed by atoms with E-state index in [9.17, 15) is 8.42 Å². The minimum absolute atomic E-state index is 0.171. The predicted molar refractivity (Wildman–Crippen MR) is 40.2 cm³/mol. The van der Waals surface area contributed by atoms with E-state index in [0.717, 1.165) is 0 Å². The molecule has 1 rings (SSSR count). The molecule has 0 aromatic heterocycles. The highest BCUT2D eigenvalue weighted by molar-refractivity contribution is 7.89. The number of rotatable bonds is 0. The fraction of sp³-hybridized carbons (Fsp3) is 1.00. The maximum Gasteiger partial charge on any atom is 0.214 e. The molecule has 1 fully saturated rings. The lowest BCUT2D eigenvalue weighted by Gasteiger charge is -2.14. The largest absolute Gasteiger partial charge is 0.214 e. The molecule has 0 aromatic carbocycles. The van der Waals surface area contributed by atoms with Crippen molar-refractivity contribution in [1.29, 1.82) is 0 Å². The predicted octanol–water partition coefficient (Wildman–Crippen LogP) is 0.286. The van der Waals surface area contributed by atoms with E-state index in [1.807, 2.05) is 13.8 Å². The van der Waals surface area contributed by atoms with Crippen molar-refractivity contribution < 1.29 is 8.42 Å². The lowest BCUT2D eigenvalue weighted by Crippen LogP contribution is -2.27. The van der Waals surface area contributed by atoms with E-state index in [1.165, 1.54) is 4.31 Å². The summed E-state index contributed by atoms with van der Waals surface area (Å²) in [5.41, 5.74) is 0. The zero-order chi connectivity index (χ0) is 7.94. The smallest absolute Gasteiger partial charge is 0.212 e. The Labute approximate surface area is 62.1 Å². The molecule has 1 aliphatic heterocycles. The van der Waals surface area contributed by atoms with Gasteiger partial charge in [0.25, 0.3) is 0 Å². The molecule has 0 spiro atoms. The Morgan fingerprint density at radius 1 is 1.40 bits per heavy atom. The van der Waals surface area contributed by atoms with E-state index in [4.69, 9.17) is 0 Å². The summed E-state index contributed by atoms with van der Waals surface area (Å²) in [6.45, 7) is 3.90. The summed E-state index contributed by atoms with van der Waals surface area (Å²) in [4.78, 5) is 0. The monoisotopic (exact) mass is 163 g/mol. The van der Waals surface area contributed by atoms with Gasteiger partial charge in [-0.3, -0.25) is 0 Å². The van der Waals surface area contributed by atoms with Gasteiger partial charge in [0.05, 0.1) is 5.75 Å². The van der Waals surface area contributed by atoms with Gasteiger partial charge in [-0.2, -0.15) is 0 Å². The number of sulfonamides is 1. The summed E-state index contributed by atoms with van der Waals surface area (Å²) in [5.74, 6) is 0.583. The van der Waals surface area contributed by atoms with Crippen molar-refractivity contribution in [1.82, 2.24) is 4.31 Å². The molecule has 3 nitrogen and oxygen atoms in total. The lowest BCUT2D eigenvalue weighted by atomic mass is 10.1. The molecule has 0 bridgehead atoms. The molecule has 0 saturated carbocycles. The molecule has 4 heteroatoms. The van der Waals surface area contributed by atoms with Crippen LogP contribution >= 0.6 is 0 Å². The molecule has 0 radical (unpaired) electrons. The van der Waals surface area contributed by atoms with Crippen molar-refractivity contribution in [3.8, 4) is 0 Å². The van der Waals surface area contributed by atoms with Crippen LogP contribution in [0.2, 0.25) is 0 Å². The molecule has 0 aliphatic carbocycles. The molecule has 2 atom stereocenters. The van der Waals surface area contributed by atoms with Gasteiger partial charge >= 0.3 is 0 Å². The average molecular weight is 163 g/mol. The van der Waals surface area contributed by atoms with E-state index in [2.05, 4.69) is 0 Å². The van der Waals surface area contributed by atoms with Crippen molar-refractivity contribution in [3.63, 3.8) is 0 Å². The Hall–Kier alpha value is -0.0900. The summed E-state index contributed by atoms with van der Waals surface area (Å²) >= 11 is 0. The van der Waals surface area contributed by atoms with Crippen molar-refractivity contribution in [3.05, 3.63) is 0 Å². The molecule has 0 N–H and O–H groups in total. The van der Waals surface area contributed by atoms with E-state index in [0.29, 0.717) is 5.75 Å². The number of nitrogens with zero attached hydrogens (tertiary/aromatic N) is 1. The van der Waals surface area contributed by atoms with Gasteiger partial charge in [-0.1, -0.05) is 6.92 Å². The molecule has 0 aromatic rings. The van der Waals surface area contributed by atoms with Crippen LogP contribution in [0.15, 0.2) is 0 Å². The fourth-order valence-electron chi connectivity index (χ4n) is 1.20. The molecular formula is C6H13NO2S. The van der Waals surface area contributed by atoms with Crippen LogP contribution < -0.4 is 0 Å². The second kappa shape index (κ2) is 2.20. The van der Waals surface area contributed by atoms with E-state index < -0.39 is 10.0 Å². The molecule has 0 amide bonds. The second-order valence-corrected chi connectivity index (χ2v) is 5.09. The summed E-state index contributed by atoms with van der Waals surface area (Å²) in [5, 5.41) is 0. The average Bonchev–Trinajstić information content (AvgIpc) is 1.95. The standard InChI is InChI=1S/C6H13NO2S/c1-5-4-10(8,9)7(3)6(5)2/h5-6H,4H2,1-3H3/t5-,6-/m1/s1. The summed E-state index contributed by atoms with van der Waals surface area (Å²) in [6.07, 6.45) is 0. The SMILES string of the molecule is C[C@@H]1CS(=O)(=O)N(C)[C@@H]1C. The van der Waals surface area contributed by atoms with Crippen molar-refractivity contribution in [2.45, 2.75) is 19.9 Å². The Bertz CT molecular complexity index is 222. The van der Waals surface area contributed by atoms with Crippen molar-refractivity contribution in [2.24, 2.45) is 5.92 Å². The van der Waals surface area contributed by atoms with Gasteiger partial charge in [0.1, 0.15) is 0 Å². The second-order valence-electron chi connectivity index (χ2n) is 3.01. The Balaban J connectivity index is 2.93. The quantitative estimate of drug-likeness (QED) is 0.514. The van der Waals surface area contributed by atoms with Gasteiger partial charge in [0.2, 0.25) is 10.0 Å². The van der Waals surface area contributed by atoms with Crippen LogP contribution in [0.3, 0.4) is 0 Å². The van der Waals surface area contributed by atoms with Gasteiger partial charge in [-0.05, 0) is 12.8 Å². The fourth-order valence-corrected chi connectivity index (χ4v) is 3.09. The van der Waals surface area contributed by atoms with E-state index in [-0.39, 0.29) is 12.0 Å². The third-order valence-corrected chi connectivity index (χ3v) is 4.47. The van der Waals surface area contributed by atoms with Gasteiger partial charge in [0, 0.05) is 13.1 Å². The molecule has 1 saturated heterocycles. The topological polar surface area (TPSA) is 37.4 Å².